The van der Waals surface area contributed by atoms with E-state index < -0.39 is 0 Å². The van der Waals surface area contributed by atoms with E-state index in [0.717, 1.165) is 25.9 Å². The second-order valence-electron chi connectivity index (χ2n) is 4.97. The van der Waals surface area contributed by atoms with Crippen molar-refractivity contribution >= 4 is 5.78 Å². The van der Waals surface area contributed by atoms with Crippen LogP contribution in [0.4, 0.5) is 0 Å². The average molecular weight is 227 g/mol. The molecule has 1 aliphatic carbocycles. The van der Waals surface area contributed by atoms with Crippen LogP contribution in [0.25, 0.3) is 0 Å². The number of rotatable bonds is 2. The molecular formula is C15H17NO. The van der Waals surface area contributed by atoms with E-state index in [2.05, 4.69) is 29.2 Å². The lowest BCUT2D eigenvalue weighted by Gasteiger charge is -2.24. The molecule has 3 rings (SSSR count). The summed E-state index contributed by atoms with van der Waals surface area (Å²) < 4.78 is 0. The number of hydrogen-bond donors (Lipinski definition) is 0. The molecule has 0 amide bonds. The fourth-order valence-electron chi connectivity index (χ4n) is 2.88. The van der Waals surface area contributed by atoms with Crippen LogP contribution in [0.1, 0.15) is 24.8 Å². The number of carbonyl (C=O) groups excluding carboxylic acids is 1. The van der Waals surface area contributed by atoms with Crippen LogP contribution in [-0.4, -0.2) is 17.2 Å². The van der Waals surface area contributed by atoms with Gasteiger partial charge in [0.05, 0.1) is 0 Å². The molecule has 1 aliphatic heterocycles. The third kappa shape index (κ3) is 2.12. The minimum atomic E-state index is 0.302. The standard InChI is InChI=1S/C15H17NO/c17-14-7-6-13-8-9-16(15(13)10-14)11-12-4-2-1-3-5-12/h1-5,10,13H,6-9,11H2. The summed E-state index contributed by atoms with van der Waals surface area (Å²) in [6.45, 7) is 2.04. The normalized spacial score (nSPS) is 23.5. The smallest absolute Gasteiger partial charge is 0.157 e. The van der Waals surface area contributed by atoms with Crippen LogP contribution in [-0.2, 0) is 11.3 Å². The monoisotopic (exact) mass is 227 g/mol. The average Bonchev–Trinajstić information content (AvgIpc) is 2.73. The second-order valence-corrected chi connectivity index (χ2v) is 4.97. The predicted molar refractivity (Wildman–Crippen MR) is 67.3 cm³/mol. The van der Waals surface area contributed by atoms with Crippen molar-refractivity contribution in [2.24, 2.45) is 5.92 Å². The lowest BCUT2D eigenvalue weighted by Crippen LogP contribution is -2.21. The Morgan fingerprint density at radius 1 is 1.18 bits per heavy atom. The molecular weight excluding hydrogens is 210 g/mol. The molecule has 17 heavy (non-hydrogen) atoms. The van der Waals surface area contributed by atoms with E-state index in [1.807, 2.05) is 12.1 Å². The summed E-state index contributed by atoms with van der Waals surface area (Å²) in [5.74, 6) is 0.938. The first kappa shape index (κ1) is 10.6. The number of allylic oxidation sites excluding steroid dienone is 2. The predicted octanol–water partition coefficient (Wildman–Crippen LogP) is 2.76. The molecule has 2 nitrogen and oxygen atoms in total. The molecule has 2 heteroatoms. The summed E-state index contributed by atoms with van der Waals surface area (Å²) in [7, 11) is 0. The third-order valence-corrected chi connectivity index (χ3v) is 3.80. The van der Waals surface area contributed by atoms with Gasteiger partial charge in [-0.1, -0.05) is 30.3 Å². The van der Waals surface area contributed by atoms with Gasteiger partial charge in [-0.2, -0.15) is 0 Å². The number of carbonyl (C=O) groups is 1. The van der Waals surface area contributed by atoms with Crippen LogP contribution in [0.3, 0.4) is 0 Å². The zero-order valence-electron chi connectivity index (χ0n) is 9.93. The van der Waals surface area contributed by atoms with Crippen molar-refractivity contribution in [3.63, 3.8) is 0 Å². The van der Waals surface area contributed by atoms with Crippen LogP contribution in [0.2, 0.25) is 0 Å². The maximum atomic E-state index is 11.5. The Bertz CT molecular complexity index is 449. The molecule has 0 spiro atoms. The molecule has 1 fully saturated rings. The largest absolute Gasteiger partial charge is 0.370 e. The Balaban J connectivity index is 1.79. The quantitative estimate of drug-likeness (QED) is 0.774. The van der Waals surface area contributed by atoms with Gasteiger partial charge in [-0.15, -0.1) is 0 Å². The van der Waals surface area contributed by atoms with Gasteiger partial charge in [0.25, 0.3) is 0 Å². The maximum absolute atomic E-state index is 11.5. The van der Waals surface area contributed by atoms with Gasteiger partial charge in [0.2, 0.25) is 0 Å². The first-order valence-electron chi connectivity index (χ1n) is 6.36. The molecule has 0 aromatic heterocycles. The van der Waals surface area contributed by atoms with E-state index in [-0.39, 0.29) is 0 Å². The Hall–Kier alpha value is -1.57. The van der Waals surface area contributed by atoms with E-state index in [4.69, 9.17) is 0 Å². The lowest BCUT2D eigenvalue weighted by atomic mass is 9.92. The van der Waals surface area contributed by atoms with Crippen molar-refractivity contribution in [3.8, 4) is 0 Å². The minimum Gasteiger partial charge on any atom is -0.370 e. The molecule has 0 saturated carbocycles. The van der Waals surface area contributed by atoms with E-state index in [9.17, 15) is 4.79 Å². The Morgan fingerprint density at radius 2 is 2.00 bits per heavy atom. The molecule has 1 saturated heterocycles. The van der Waals surface area contributed by atoms with Gasteiger partial charge in [-0.05, 0) is 18.4 Å². The molecule has 1 heterocycles. The van der Waals surface area contributed by atoms with Gasteiger partial charge in [-0.3, -0.25) is 4.79 Å². The van der Waals surface area contributed by atoms with Crippen LogP contribution in [0.5, 0.6) is 0 Å². The number of ketones is 1. The highest BCUT2D eigenvalue weighted by Crippen LogP contribution is 2.35. The number of fused-ring (bicyclic) bond motifs is 1. The highest BCUT2D eigenvalue weighted by atomic mass is 16.1. The SMILES string of the molecule is O=C1C=C2C(CC1)CCN2Cc1ccccc1. The zero-order chi connectivity index (χ0) is 11.7. The zero-order valence-corrected chi connectivity index (χ0v) is 9.93. The van der Waals surface area contributed by atoms with Crippen molar-refractivity contribution < 1.29 is 4.79 Å². The lowest BCUT2D eigenvalue weighted by molar-refractivity contribution is -0.115. The molecule has 2 aliphatic rings. The molecule has 1 aromatic carbocycles. The van der Waals surface area contributed by atoms with E-state index in [1.54, 1.807) is 0 Å². The van der Waals surface area contributed by atoms with Crippen molar-refractivity contribution in [1.29, 1.82) is 0 Å². The second kappa shape index (κ2) is 4.36. The molecule has 0 radical (unpaired) electrons. The summed E-state index contributed by atoms with van der Waals surface area (Å²) in [6, 6.07) is 10.5. The van der Waals surface area contributed by atoms with Crippen molar-refractivity contribution in [1.82, 2.24) is 4.90 Å². The molecule has 0 bridgehead atoms. The van der Waals surface area contributed by atoms with E-state index in [1.165, 1.54) is 17.7 Å². The van der Waals surface area contributed by atoms with Crippen LogP contribution >= 0.6 is 0 Å². The minimum absolute atomic E-state index is 0.302. The topological polar surface area (TPSA) is 20.3 Å². The van der Waals surface area contributed by atoms with E-state index >= 15 is 0 Å². The Labute approximate surface area is 102 Å². The maximum Gasteiger partial charge on any atom is 0.157 e. The summed E-state index contributed by atoms with van der Waals surface area (Å²) in [4.78, 5) is 13.9. The first-order valence-corrected chi connectivity index (χ1v) is 6.36. The number of nitrogens with zero attached hydrogens (tertiary/aromatic N) is 1. The summed E-state index contributed by atoms with van der Waals surface area (Å²) in [5.41, 5.74) is 2.61. The van der Waals surface area contributed by atoms with Crippen molar-refractivity contribution in [2.45, 2.75) is 25.8 Å². The highest BCUT2D eigenvalue weighted by Gasteiger charge is 2.31. The van der Waals surface area contributed by atoms with Gasteiger partial charge in [-0.25, -0.2) is 0 Å². The van der Waals surface area contributed by atoms with Crippen LogP contribution in [0, 0.1) is 5.92 Å². The van der Waals surface area contributed by atoms with Gasteiger partial charge < -0.3 is 4.90 Å². The van der Waals surface area contributed by atoms with Gasteiger partial charge in [0, 0.05) is 37.2 Å². The Morgan fingerprint density at radius 3 is 2.82 bits per heavy atom. The number of hydrogen-bond acceptors (Lipinski definition) is 2. The summed E-state index contributed by atoms with van der Waals surface area (Å²) in [5, 5.41) is 0. The number of benzene rings is 1. The molecule has 1 unspecified atom stereocenters. The van der Waals surface area contributed by atoms with E-state index in [0.29, 0.717) is 11.7 Å². The third-order valence-electron chi connectivity index (χ3n) is 3.80. The first-order chi connectivity index (χ1) is 8.33. The molecule has 1 atom stereocenters. The highest BCUT2D eigenvalue weighted by molar-refractivity contribution is 5.91. The van der Waals surface area contributed by atoms with Crippen molar-refractivity contribution in [3.05, 3.63) is 47.7 Å². The molecule has 88 valence electrons. The summed E-state index contributed by atoms with van der Waals surface area (Å²) >= 11 is 0. The van der Waals surface area contributed by atoms with Gasteiger partial charge in [0.15, 0.2) is 5.78 Å². The Kier molecular flexibility index (Phi) is 2.71. The van der Waals surface area contributed by atoms with Gasteiger partial charge in [0.1, 0.15) is 0 Å². The fraction of sp³-hybridized carbons (Fsp3) is 0.400. The number of likely N-dealkylation sites (tertiary alicyclic amines) is 1. The fourth-order valence-corrected chi connectivity index (χ4v) is 2.88. The van der Waals surface area contributed by atoms with Crippen LogP contribution < -0.4 is 0 Å². The molecule has 1 aromatic rings. The molecule has 0 N–H and O–H groups in total. The van der Waals surface area contributed by atoms with Crippen molar-refractivity contribution in [2.75, 3.05) is 6.54 Å². The van der Waals surface area contributed by atoms with Crippen LogP contribution in [0.15, 0.2) is 42.1 Å². The summed E-state index contributed by atoms with van der Waals surface area (Å²) in [6.07, 6.45) is 4.89. The van der Waals surface area contributed by atoms with Gasteiger partial charge >= 0.3 is 0 Å².